The van der Waals surface area contributed by atoms with E-state index in [1.807, 2.05) is 24.3 Å². The smallest absolute Gasteiger partial charge is 0.273 e. The molecule has 0 aliphatic carbocycles. The number of nitrogens with zero attached hydrogens (tertiary/aromatic N) is 1. The summed E-state index contributed by atoms with van der Waals surface area (Å²) in [5.74, 6) is 1.35. The second kappa shape index (κ2) is 7.61. The minimum absolute atomic E-state index is 0.244. The number of amides is 1. The van der Waals surface area contributed by atoms with E-state index in [1.54, 1.807) is 21.1 Å². The van der Waals surface area contributed by atoms with Crippen LogP contribution >= 0.6 is 0 Å². The van der Waals surface area contributed by atoms with Crippen molar-refractivity contribution in [3.8, 4) is 17.2 Å². The predicted molar refractivity (Wildman–Crippen MR) is 82.1 cm³/mol. The van der Waals surface area contributed by atoms with Crippen LogP contribution in [-0.4, -0.2) is 38.3 Å². The Kier molecular flexibility index (Phi) is 5.55. The maximum Gasteiger partial charge on any atom is 0.273 e. The van der Waals surface area contributed by atoms with Crippen molar-refractivity contribution in [1.29, 1.82) is 0 Å². The van der Waals surface area contributed by atoms with Gasteiger partial charge in [-0.3, -0.25) is 4.79 Å². The number of ether oxygens (including phenoxy) is 2. The summed E-state index contributed by atoms with van der Waals surface area (Å²) in [6.45, 7) is 2.86. The van der Waals surface area contributed by atoms with Crippen LogP contribution in [0.2, 0.25) is 0 Å². The topological polar surface area (TPSA) is 73.6 Å². The van der Waals surface area contributed by atoms with E-state index >= 15 is 0 Å². The number of hydrogen-bond acceptors (Lipinski definition) is 5. The highest BCUT2D eigenvalue weighted by atomic mass is 16.5. The molecule has 0 atom stereocenters. The van der Waals surface area contributed by atoms with Crippen molar-refractivity contribution >= 4 is 5.91 Å². The molecule has 1 amide bonds. The lowest BCUT2D eigenvalue weighted by atomic mass is 10.2. The Balaban J connectivity index is 2.11. The highest BCUT2D eigenvalue weighted by molar-refractivity contribution is 5.93. The van der Waals surface area contributed by atoms with E-state index < -0.39 is 0 Å². The van der Waals surface area contributed by atoms with Crippen LogP contribution < -0.4 is 10.1 Å². The summed E-state index contributed by atoms with van der Waals surface area (Å²) in [5.41, 5.74) is 1.07. The van der Waals surface area contributed by atoms with Crippen molar-refractivity contribution in [3.05, 3.63) is 35.7 Å². The zero-order chi connectivity index (χ0) is 15.9. The van der Waals surface area contributed by atoms with Crippen molar-refractivity contribution in [2.45, 2.75) is 13.3 Å². The maximum absolute atomic E-state index is 12.1. The van der Waals surface area contributed by atoms with Gasteiger partial charge in [-0.15, -0.1) is 0 Å². The molecule has 1 N–H and O–H groups in total. The van der Waals surface area contributed by atoms with Crippen LogP contribution in [0.4, 0.5) is 0 Å². The number of oxazole rings is 1. The summed E-state index contributed by atoms with van der Waals surface area (Å²) in [5, 5.41) is 2.80. The molecule has 2 rings (SSSR count). The van der Waals surface area contributed by atoms with Crippen molar-refractivity contribution in [2.24, 2.45) is 0 Å². The number of nitrogens with one attached hydrogen (secondary N) is 1. The van der Waals surface area contributed by atoms with Crippen LogP contribution in [0.3, 0.4) is 0 Å². The SMILES string of the molecule is COCCCNC(=O)c1nc(-c2cccc(OC)c2)oc1C. The van der Waals surface area contributed by atoms with E-state index in [0.717, 1.165) is 12.0 Å². The molecule has 0 radical (unpaired) electrons. The van der Waals surface area contributed by atoms with Crippen LogP contribution in [0.15, 0.2) is 28.7 Å². The second-order valence-corrected chi connectivity index (χ2v) is 4.76. The van der Waals surface area contributed by atoms with E-state index in [2.05, 4.69) is 10.3 Å². The predicted octanol–water partition coefficient (Wildman–Crippen LogP) is 2.42. The van der Waals surface area contributed by atoms with Gasteiger partial charge >= 0.3 is 0 Å². The number of carbonyl (C=O) groups excluding carboxylic acids is 1. The molecule has 1 aromatic carbocycles. The summed E-state index contributed by atoms with van der Waals surface area (Å²) in [6, 6.07) is 7.35. The summed E-state index contributed by atoms with van der Waals surface area (Å²) in [7, 11) is 3.23. The molecule has 6 heteroatoms. The molecule has 0 aliphatic heterocycles. The molecule has 0 aliphatic rings. The number of methoxy groups -OCH3 is 2. The van der Waals surface area contributed by atoms with Crippen LogP contribution in [0.25, 0.3) is 11.5 Å². The van der Waals surface area contributed by atoms with Gasteiger partial charge in [-0.1, -0.05) is 6.07 Å². The first-order valence-corrected chi connectivity index (χ1v) is 7.04. The quantitative estimate of drug-likeness (QED) is 0.795. The lowest BCUT2D eigenvalue weighted by molar-refractivity contribution is 0.0943. The Labute approximate surface area is 129 Å². The third-order valence-corrected chi connectivity index (χ3v) is 3.14. The Hall–Kier alpha value is -2.34. The first kappa shape index (κ1) is 16.0. The van der Waals surface area contributed by atoms with E-state index in [9.17, 15) is 4.79 Å². The fraction of sp³-hybridized carbons (Fsp3) is 0.375. The van der Waals surface area contributed by atoms with E-state index in [4.69, 9.17) is 13.9 Å². The number of carbonyl (C=O) groups is 1. The molecular weight excluding hydrogens is 284 g/mol. The van der Waals surface area contributed by atoms with E-state index in [1.165, 1.54) is 0 Å². The molecule has 0 unspecified atom stereocenters. The average molecular weight is 304 g/mol. The van der Waals surface area contributed by atoms with E-state index in [0.29, 0.717) is 36.2 Å². The minimum atomic E-state index is -0.244. The molecule has 0 bridgehead atoms. The summed E-state index contributed by atoms with van der Waals surface area (Å²) < 4.78 is 15.7. The molecule has 0 spiro atoms. The fourth-order valence-corrected chi connectivity index (χ4v) is 1.99. The van der Waals surface area contributed by atoms with Gasteiger partial charge in [0.25, 0.3) is 5.91 Å². The highest BCUT2D eigenvalue weighted by Crippen LogP contribution is 2.25. The number of rotatable bonds is 7. The molecule has 118 valence electrons. The molecule has 2 aromatic rings. The van der Waals surface area contributed by atoms with Gasteiger partial charge in [-0.25, -0.2) is 4.98 Å². The lowest BCUT2D eigenvalue weighted by Crippen LogP contribution is -2.26. The Morgan fingerprint density at radius 3 is 2.91 bits per heavy atom. The molecule has 0 fully saturated rings. The molecule has 0 saturated carbocycles. The second-order valence-electron chi connectivity index (χ2n) is 4.76. The van der Waals surface area contributed by atoms with Crippen molar-refractivity contribution < 1.29 is 18.7 Å². The molecule has 6 nitrogen and oxygen atoms in total. The number of aryl methyl sites for hydroxylation is 1. The molecule has 1 heterocycles. The molecule has 22 heavy (non-hydrogen) atoms. The third kappa shape index (κ3) is 3.85. The Morgan fingerprint density at radius 2 is 2.18 bits per heavy atom. The van der Waals surface area contributed by atoms with E-state index in [-0.39, 0.29) is 5.91 Å². The third-order valence-electron chi connectivity index (χ3n) is 3.14. The summed E-state index contributed by atoms with van der Waals surface area (Å²) in [6.07, 6.45) is 0.752. The Morgan fingerprint density at radius 1 is 1.36 bits per heavy atom. The van der Waals surface area contributed by atoms with Crippen molar-refractivity contribution in [1.82, 2.24) is 10.3 Å². The number of hydrogen-bond donors (Lipinski definition) is 1. The fourth-order valence-electron chi connectivity index (χ4n) is 1.99. The van der Waals surface area contributed by atoms with Gasteiger partial charge in [0.1, 0.15) is 11.5 Å². The summed E-state index contributed by atoms with van der Waals surface area (Å²) >= 11 is 0. The normalized spacial score (nSPS) is 10.5. The first-order chi connectivity index (χ1) is 10.7. The first-order valence-electron chi connectivity index (χ1n) is 7.04. The lowest BCUT2D eigenvalue weighted by Gasteiger charge is -2.02. The van der Waals surface area contributed by atoms with Crippen molar-refractivity contribution in [2.75, 3.05) is 27.4 Å². The van der Waals surface area contributed by atoms with Gasteiger partial charge in [0, 0.05) is 25.8 Å². The highest BCUT2D eigenvalue weighted by Gasteiger charge is 2.17. The van der Waals surface area contributed by atoms with Gasteiger partial charge in [0.15, 0.2) is 5.69 Å². The van der Waals surface area contributed by atoms with Gasteiger partial charge in [0.05, 0.1) is 7.11 Å². The maximum atomic E-state index is 12.1. The largest absolute Gasteiger partial charge is 0.497 e. The Bertz CT molecular complexity index is 637. The molecule has 0 saturated heterocycles. The van der Waals surface area contributed by atoms with Crippen LogP contribution in [0.5, 0.6) is 5.75 Å². The molecule has 1 aromatic heterocycles. The summed E-state index contributed by atoms with van der Waals surface area (Å²) in [4.78, 5) is 16.4. The van der Waals surface area contributed by atoms with Crippen LogP contribution in [0, 0.1) is 6.92 Å². The van der Waals surface area contributed by atoms with Crippen LogP contribution in [0.1, 0.15) is 22.7 Å². The van der Waals surface area contributed by atoms with Gasteiger partial charge in [-0.2, -0.15) is 0 Å². The molecular formula is C16H20N2O4. The minimum Gasteiger partial charge on any atom is -0.497 e. The van der Waals surface area contributed by atoms with Crippen molar-refractivity contribution in [3.63, 3.8) is 0 Å². The standard InChI is InChI=1S/C16H20N2O4/c1-11-14(15(19)17-8-5-9-20-2)18-16(22-11)12-6-4-7-13(10-12)21-3/h4,6-7,10H,5,8-9H2,1-3H3,(H,17,19). The number of aromatic nitrogens is 1. The number of benzene rings is 1. The monoisotopic (exact) mass is 304 g/mol. The average Bonchev–Trinajstić information content (AvgIpc) is 2.93. The zero-order valence-corrected chi connectivity index (χ0v) is 13.0. The van der Waals surface area contributed by atoms with Gasteiger partial charge < -0.3 is 19.2 Å². The zero-order valence-electron chi connectivity index (χ0n) is 13.0. The van der Waals surface area contributed by atoms with Gasteiger partial charge in [0.2, 0.25) is 5.89 Å². The van der Waals surface area contributed by atoms with Gasteiger partial charge in [-0.05, 0) is 31.5 Å². The van der Waals surface area contributed by atoms with Crippen LogP contribution in [-0.2, 0) is 4.74 Å².